The van der Waals surface area contributed by atoms with E-state index in [4.69, 9.17) is 4.52 Å². The SMILES string of the molecule is O=C(c1cc(-c2ccccc2)no1)N1CC(CO)C(CN2CCCCCC2)C1. The van der Waals surface area contributed by atoms with Crippen molar-refractivity contribution in [1.29, 1.82) is 0 Å². The number of aliphatic hydroxyl groups excluding tert-OH is 1. The minimum atomic E-state index is -0.133. The molecule has 1 aromatic heterocycles. The Balaban J connectivity index is 1.41. The molecule has 2 aromatic rings. The molecule has 2 fully saturated rings. The van der Waals surface area contributed by atoms with Crippen LogP contribution in [0.25, 0.3) is 11.3 Å². The van der Waals surface area contributed by atoms with Gasteiger partial charge in [-0.25, -0.2) is 0 Å². The molecule has 0 bridgehead atoms. The molecule has 150 valence electrons. The first-order chi connectivity index (χ1) is 13.7. The Morgan fingerprint density at radius 1 is 1.07 bits per heavy atom. The first-order valence-corrected chi connectivity index (χ1v) is 10.4. The largest absolute Gasteiger partial charge is 0.396 e. The highest BCUT2D eigenvalue weighted by atomic mass is 16.5. The van der Waals surface area contributed by atoms with Gasteiger partial charge < -0.3 is 19.4 Å². The predicted molar refractivity (Wildman–Crippen MR) is 107 cm³/mol. The van der Waals surface area contributed by atoms with E-state index in [0.29, 0.717) is 24.7 Å². The molecule has 0 saturated carbocycles. The van der Waals surface area contributed by atoms with Gasteiger partial charge in [0.25, 0.3) is 5.91 Å². The molecule has 6 heteroatoms. The minimum Gasteiger partial charge on any atom is -0.396 e. The molecule has 1 amide bonds. The second-order valence-corrected chi connectivity index (χ2v) is 8.07. The number of rotatable bonds is 5. The fraction of sp³-hybridized carbons (Fsp3) is 0.545. The molecule has 0 spiro atoms. The van der Waals surface area contributed by atoms with Crippen molar-refractivity contribution in [2.45, 2.75) is 25.7 Å². The summed E-state index contributed by atoms with van der Waals surface area (Å²) in [5, 5.41) is 13.9. The van der Waals surface area contributed by atoms with Crippen molar-refractivity contribution in [2.75, 3.05) is 39.3 Å². The van der Waals surface area contributed by atoms with Gasteiger partial charge in [0, 0.05) is 43.8 Å². The Bertz CT molecular complexity index is 768. The second-order valence-electron chi connectivity index (χ2n) is 8.07. The monoisotopic (exact) mass is 383 g/mol. The molecule has 1 N–H and O–H groups in total. The normalized spacial score (nSPS) is 23.7. The topological polar surface area (TPSA) is 69.8 Å². The molecule has 0 radical (unpaired) electrons. The quantitative estimate of drug-likeness (QED) is 0.860. The smallest absolute Gasteiger partial charge is 0.292 e. The number of hydrogen-bond donors (Lipinski definition) is 1. The summed E-state index contributed by atoms with van der Waals surface area (Å²) in [6.07, 6.45) is 5.12. The molecule has 2 saturated heterocycles. The van der Waals surface area contributed by atoms with E-state index in [0.717, 1.165) is 25.2 Å². The number of carbonyl (C=O) groups is 1. The van der Waals surface area contributed by atoms with Crippen molar-refractivity contribution in [3.63, 3.8) is 0 Å². The maximum atomic E-state index is 12.9. The van der Waals surface area contributed by atoms with E-state index < -0.39 is 0 Å². The Morgan fingerprint density at radius 3 is 2.50 bits per heavy atom. The summed E-state index contributed by atoms with van der Waals surface area (Å²) >= 11 is 0. The van der Waals surface area contributed by atoms with E-state index in [-0.39, 0.29) is 24.2 Å². The molecule has 3 heterocycles. The fourth-order valence-corrected chi connectivity index (χ4v) is 4.45. The molecular formula is C22H29N3O3. The minimum absolute atomic E-state index is 0.119. The van der Waals surface area contributed by atoms with E-state index in [9.17, 15) is 9.90 Å². The summed E-state index contributed by atoms with van der Waals surface area (Å²) < 4.78 is 5.35. The van der Waals surface area contributed by atoms with E-state index in [1.165, 1.54) is 25.7 Å². The highest BCUT2D eigenvalue weighted by Gasteiger charge is 2.37. The third kappa shape index (κ3) is 4.28. The standard InChI is InChI=1S/C22H29N3O3/c26-16-19-15-25(14-18(19)13-24-10-6-1-2-7-11-24)22(27)21-12-20(23-28-21)17-8-4-3-5-9-17/h3-5,8-9,12,18-19,26H,1-2,6-7,10-11,13-16H2. The number of benzene rings is 1. The summed E-state index contributed by atoms with van der Waals surface area (Å²) in [5.74, 6) is 0.574. The van der Waals surface area contributed by atoms with E-state index >= 15 is 0 Å². The molecule has 0 aliphatic carbocycles. The van der Waals surface area contributed by atoms with Crippen molar-refractivity contribution in [2.24, 2.45) is 11.8 Å². The number of likely N-dealkylation sites (tertiary alicyclic amines) is 2. The zero-order valence-corrected chi connectivity index (χ0v) is 16.3. The Kier molecular flexibility index (Phi) is 6.07. The van der Waals surface area contributed by atoms with Gasteiger partial charge in [0.15, 0.2) is 0 Å². The van der Waals surface area contributed by atoms with Crippen LogP contribution in [0.1, 0.15) is 36.2 Å². The van der Waals surface area contributed by atoms with Gasteiger partial charge in [-0.15, -0.1) is 0 Å². The zero-order valence-electron chi connectivity index (χ0n) is 16.3. The van der Waals surface area contributed by atoms with Crippen LogP contribution in [0.15, 0.2) is 40.9 Å². The molecule has 2 unspecified atom stereocenters. The molecule has 6 nitrogen and oxygen atoms in total. The number of amides is 1. The molecule has 28 heavy (non-hydrogen) atoms. The number of aliphatic hydroxyl groups is 1. The summed E-state index contributed by atoms with van der Waals surface area (Å²) in [5.41, 5.74) is 1.60. The lowest BCUT2D eigenvalue weighted by Gasteiger charge is -2.26. The van der Waals surface area contributed by atoms with Gasteiger partial charge in [-0.3, -0.25) is 4.79 Å². The van der Waals surface area contributed by atoms with E-state index in [2.05, 4.69) is 10.1 Å². The Hall–Kier alpha value is -2.18. The van der Waals surface area contributed by atoms with Gasteiger partial charge in [0.05, 0.1) is 0 Å². The van der Waals surface area contributed by atoms with Crippen LogP contribution in [0.4, 0.5) is 0 Å². The predicted octanol–water partition coefficient (Wildman–Crippen LogP) is 2.90. The van der Waals surface area contributed by atoms with Crippen LogP contribution in [-0.2, 0) is 0 Å². The molecule has 2 aliphatic heterocycles. The van der Waals surface area contributed by atoms with E-state index in [1.807, 2.05) is 35.2 Å². The van der Waals surface area contributed by atoms with Crippen molar-refractivity contribution < 1.29 is 14.4 Å². The highest BCUT2D eigenvalue weighted by molar-refractivity contribution is 5.92. The number of hydrogen-bond acceptors (Lipinski definition) is 5. The summed E-state index contributed by atoms with van der Waals surface area (Å²) in [7, 11) is 0. The first-order valence-electron chi connectivity index (χ1n) is 10.4. The molecular weight excluding hydrogens is 354 g/mol. The van der Waals surface area contributed by atoms with Crippen LogP contribution >= 0.6 is 0 Å². The lowest BCUT2D eigenvalue weighted by Crippen LogP contribution is -2.35. The van der Waals surface area contributed by atoms with Gasteiger partial charge in [0.1, 0.15) is 5.69 Å². The second kappa shape index (κ2) is 8.88. The maximum Gasteiger partial charge on any atom is 0.292 e. The van der Waals surface area contributed by atoms with Crippen molar-refractivity contribution >= 4 is 5.91 Å². The number of aromatic nitrogens is 1. The lowest BCUT2D eigenvalue weighted by atomic mass is 9.96. The number of carbonyl (C=O) groups excluding carboxylic acids is 1. The van der Waals surface area contributed by atoms with Crippen molar-refractivity contribution in [1.82, 2.24) is 15.0 Å². The van der Waals surface area contributed by atoms with Crippen molar-refractivity contribution in [3.05, 3.63) is 42.2 Å². The first kappa shape index (κ1) is 19.2. The van der Waals surface area contributed by atoms with Crippen molar-refractivity contribution in [3.8, 4) is 11.3 Å². The van der Waals surface area contributed by atoms with Crippen LogP contribution in [0, 0.1) is 11.8 Å². The van der Waals surface area contributed by atoms with E-state index in [1.54, 1.807) is 6.07 Å². The van der Waals surface area contributed by atoms with Crippen LogP contribution < -0.4 is 0 Å². The van der Waals surface area contributed by atoms with Crippen LogP contribution in [0.3, 0.4) is 0 Å². The zero-order chi connectivity index (χ0) is 19.3. The Morgan fingerprint density at radius 2 is 1.79 bits per heavy atom. The summed E-state index contributed by atoms with van der Waals surface area (Å²) in [6.45, 7) is 4.59. The summed E-state index contributed by atoms with van der Waals surface area (Å²) in [6, 6.07) is 11.4. The van der Waals surface area contributed by atoms with Gasteiger partial charge in [0.2, 0.25) is 5.76 Å². The van der Waals surface area contributed by atoms with Gasteiger partial charge in [-0.05, 0) is 31.8 Å². The third-order valence-corrected chi connectivity index (χ3v) is 6.08. The van der Waals surface area contributed by atoms with Crippen LogP contribution in [0.5, 0.6) is 0 Å². The molecule has 2 aliphatic rings. The Labute approximate surface area is 166 Å². The molecule has 4 rings (SSSR count). The van der Waals surface area contributed by atoms with Crippen LogP contribution in [0.2, 0.25) is 0 Å². The average Bonchev–Trinajstić information content (AvgIpc) is 3.30. The van der Waals surface area contributed by atoms with Gasteiger partial charge in [-0.1, -0.05) is 48.3 Å². The fourth-order valence-electron chi connectivity index (χ4n) is 4.45. The highest BCUT2D eigenvalue weighted by Crippen LogP contribution is 2.27. The lowest BCUT2D eigenvalue weighted by molar-refractivity contribution is 0.0737. The average molecular weight is 383 g/mol. The number of nitrogens with zero attached hydrogens (tertiary/aromatic N) is 3. The third-order valence-electron chi connectivity index (χ3n) is 6.08. The molecule has 1 aromatic carbocycles. The van der Waals surface area contributed by atoms with Gasteiger partial charge >= 0.3 is 0 Å². The maximum absolute atomic E-state index is 12.9. The summed E-state index contributed by atoms with van der Waals surface area (Å²) in [4.78, 5) is 17.3. The molecule has 2 atom stereocenters. The van der Waals surface area contributed by atoms with Gasteiger partial charge in [-0.2, -0.15) is 0 Å². The van der Waals surface area contributed by atoms with Crippen LogP contribution in [-0.4, -0.2) is 65.3 Å².